The molecular weight excluding hydrogens is 326 g/mol. The molecule has 0 aliphatic carbocycles. The monoisotopic (exact) mass is 342 g/mol. The molecule has 4 aromatic rings. The van der Waals surface area contributed by atoms with Crippen molar-refractivity contribution in [2.75, 3.05) is 7.11 Å². The zero-order valence-corrected chi connectivity index (χ0v) is 14.1. The maximum atomic E-state index is 5.27. The predicted molar refractivity (Wildman–Crippen MR) is 98.3 cm³/mol. The van der Waals surface area contributed by atoms with Gasteiger partial charge in [-0.05, 0) is 42.0 Å². The molecule has 0 bridgehead atoms. The average molecular weight is 342 g/mol. The van der Waals surface area contributed by atoms with Crippen molar-refractivity contribution in [3.05, 3.63) is 84.8 Å². The van der Waals surface area contributed by atoms with Crippen LogP contribution in [0.3, 0.4) is 0 Å². The van der Waals surface area contributed by atoms with Crippen molar-refractivity contribution in [3.8, 4) is 28.5 Å². The molecule has 1 aromatic carbocycles. The Hall–Kier alpha value is -3.54. The molecule has 1 N–H and O–H groups in total. The van der Waals surface area contributed by atoms with E-state index < -0.39 is 0 Å². The number of benzene rings is 1. The van der Waals surface area contributed by atoms with Gasteiger partial charge in [-0.3, -0.25) is 9.97 Å². The third-order valence-electron chi connectivity index (χ3n) is 3.93. The van der Waals surface area contributed by atoms with E-state index in [1.807, 2.05) is 55.0 Å². The molecule has 6 heteroatoms. The van der Waals surface area contributed by atoms with Crippen LogP contribution in [0.2, 0.25) is 0 Å². The lowest BCUT2D eigenvalue weighted by molar-refractivity contribution is 0.415. The van der Waals surface area contributed by atoms with E-state index in [-0.39, 0.29) is 0 Å². The van der Waals surface area contributed by atoms with E-state index >= 15 is 0 Å². The van der Waals surface area contributed by atoms with Gasteiger partial charge in [0.25, 0.3) is 0 Å². The van der Waals surface area contributed by atoms with Crippen LogP contribution in [0.5, 0.6) is 5.75 Å². The summed E-state index contributed by atoms with van der Waals surface area (Å²) < 4.78 is 5.27. The molecule has 3 heterocycles. The smallest absolute Gasteiger partial charge is 0.163 e. The van der Waals surface area contributed by atoms with Gasteiger partial charge in [-0.1, -0.05) is 12.1 Å². The molecule has 0 aliphatic rings. The van der Waals surface area contributed by atoms with Crippen molar-refractivity contribution in [3.63, 3.8) is 0 Å². The second-order valence-electron chi connectivity index (χ2n) is 5.62. The fraction of sp³-hybridized carbons (Fsp3) is 0.0500. The SMILES string of the molecule is COc1cccc(-c2nnc(-c3cccnc3[CH]c3ccncc3)[nH]2)c1. The molecule has 0 aliphatic heterocycles. The van der Waals surface area contributed by atoms with Gasteiger partial charge in [0.1, 0.15) is 5.75 Å². The number of nitrogens with one attached hydrogen (secondary N) is 1. The molecule has 6 nitrogen and oxygen atoms in total. The van der Waals surface area contributed by atoms with Crippen LogP contribution in [0.25, 0.3) is 22.8 Å². The Morgan fingerprint density at radius 3 is 2.62 bits per heavy atom. The number of aromatic nitrogens is 5. The van der Waals surface area contributed by atoms with Crippen LogP contribution in [0.15, 0.2) is 67.1 Å². The van der Waals surface area contributed by atoms with E-state index in [2.05, 4.69) is 25.1 Å². The topological polar surface area (TPSA) is 76.6 Å². The van der Waals surface area contributed by atoms with Crippen LogP contribution in [-0.4, -0.2) is 32.3 Å². The van der Waals surface area contributed by atoms with Crippen LogP contribution in [0.1, 0.15) is 11.3 Å². The number of rotatable bonds is 5. The maximum Gasteiger partial charge on any atom is 0.163 e. The summed E-state index contributed by atoms with van der Waals surface area (Å²) in [5.74, 6) is 2.11. The number of H-pyrrole nitrogens is 1. The number of aromatic amines is 1. The van der Waals surface area contributed by atoms with Crippen molar-refractivity contribution >= 4 is 0 Å². The first-order valence-electron chi connectivity index (χ1n) is 8.11. The molecule has 0 saturated carbocycles. The van der Waals surface area contributed by atoms with E-state index in [0.29, 0.717) is 11.6 Å². The zero-order chi connectivity index (χ0) is 17.8. The van der Waals surface area contributed by atoms with E-state index in [4.69, 9.17) is 4.74 Å². The van der Waals surface area contributed by atoms with E-state index in [9.17, 15) is 0 Å². The number of hydrogen-bond acceptors (Lipinski definition) is 5. The summed E-state index contributed by atoms with van der Waals surface area (Å²) in [7, 11) is 1.64. The van der Waals surface area contributed by atoms with E-state index in [1.54, 1.807) is 25.7 Å². The Labute approximate surface area is 151 Å². The van der Waals surface area contributed by atoms with Crippen LogP contribution in [0, 0.1) is 6.42 Å². The molecule has 26 heavy (non-hydrogen) atoms. The molecule has 0 spiro atoms. The highest BCUT2D eigenvalue weighted by Gasteiger charge is 2.13. The van der Waals surface area contributed by atoms with Gasteiger partial charge in [0, 0.05) is 36.1 Å². The van der Waals surface area contributed by atoms with Crippen LogP contribution in [0.4, 0.5) is 0 Å². The third-order valence-corrected chi connectivity index (χ3v) is 3.93. The molecule has 0 fully saturated rings. The highest BCUT2D eigenvalue weighted by atomic mass is 16.5. The third kappa shape index (κ3) is 3.30. The fourth-order valence-electron chi connectivity index (χ4n) is 2.63. The maximum absolute atomic E-state index is 5.27. The first-order valence-corrected chi connectivity index (χ1v) is 8.11. The van der Waals surface area contributed by atoms with Crippen LogP contribution >= 0.6 is 0 Å². The number of pyridine rings is 2. The fourth-order valence-corrected chi connectivity index (χ4v) is 2.63. The van der Waals surface area contributed by atoms with Gasteiger partial charge in [-0.2, -0.15) is 0 Å². The highest BCUT2D eigenvalue weighted by molar-refractivity contribution is 5.65. The first-order chi connectivity index (χ1) is 12.8. The Morgan fingerprint density at radius 1 is 0.923 bits per heavy atom. The molecule has 0 unspecified atom stereocenters. The normalized spacial score (nSPS) is 10.7. The molecule has 0 amide bonds. The van der Waals surface area contributed by atoms with Gasteiger partial charge in [0.05, 0.1) is 12.8 Å². The van der Waals surface area contributed by atoms with Gasteiger partial charge in [0.15, 0.2) is 11.6 Å². The number of hydrogen-bond donors (Lipinski definition) is 1. The second kappa shape index (κ2) is 7.14. The number of nitrogens with zero attached hydrogens (tertiary/aromatic N) is 4. The Bertz CT molecular complexity index is 1010. The molecular formula is C20H16N5O. The van der Waals surface area contributed by atoms with Gasteiger partial charge >= 0.3 is 0 Å². The van der Waals surface area contributed by atoms with Crippen molar-refractivity contribution in [2.45, 2.75) is 0 Å². The van der Waals surface area contributed by atoms with Gasteiger partial charge in [0.2, 0.25) is 0 Å². The lowest BCUT2D eigenvalue weighted by atomic mass is 10.1. The first kappa shape index (κ1) is 16.0. The largest absolute Gasteiger partial charge is 0.497 e. The Morgan fingerprint density at radius 2 is 1.77 bits per heavy atom. The van der Waals surface area contributed by atoms with Gasteiger partial charge in [-0.25, -0.2) is 0 Å². The minimum absolute atomic E-state index is 0.663. The zero-order valence-electron chi connectivity index (χ0n) is 14.1. The Balaban J connectivity index is 1.67. The molecule has 4 rings (SSSR count). The van der Waals surface area contributed by atoms with Crippen molar-refractivity contribution < 1.29 is 4.74 Å². The minimum atomic E-state index is 0.663. The average Bonchev–Trinajstić information content (AvgIpc) is 3.19. The van der Waals surface area contributed by atoms with Crippen LogP contribution in [-0.2, 0) is 0 Å². The van der Waals surface area contributed by atoms with E-state index in [0.717, 1.165) is 28.1 Å². The summed E-state index contributed by atoms with van der Waals surface area (Å²) in [6, 6.07) is 15.4. The van der Waals surface area contributed by atoms with Gasteiger partial charge < -0.3 is 9.72 Å². The van der Waals surface area contributed by atoms with Crippen molar-refractivity contribution in [1.82, 2.24) is 25.1 Å². The van der Waals surface area contributed by atoms with Crippen LogP contribution < -0.4 is 4.74 Å². The molecule has 1 radical (unpaired) electrons. The molecule has 127 valence electrons. The molecule has 0 atom stereocenters. The standard InChI is InChI=1S/C20H16N5O/c1-26-16-5-2-4-15(13-16)19-23-20(25-24-19)17-6-3-9-22-18(17)12-14-7-10-21-11-8-14/h2-13H,1H3,(H,23,24,25). The van der Waals surface area contributed by atoms with E-state index in [1.165, 1.54) is 0 Å². The summed E-state index contributed by atoms with van der Waals surface area (Å²) in [5.41, 5.74) is 3.62. The van der Waals surface area contributed by atoms with Crippen molar-refractivity contribution in [2.24, 2.45) is 0 Å². The number of methoxy groups -OCH3 is 1. The summed E-state index contributed by atoms with van der Waals surface area (Å²) >= 11 is 0. The van der Waals surface area contributed by atoms with Crippen molar-refractivity contribution in [1.29, 1.82) is 0 Å². The summed E-state index contributed by atoms with van der Waals surface area (Å²) in [5, 5.41) is 8.58. The Kier molecular flexibility index (Phi) is 4.38. The second-order valence-corrected chi connectivity index (χ2v) is 5.62. The summed E-state index contributed by atoms with van der Waals surface area (Å²) in [6.45, 7) is 0. The lowest BCUT2D eigenvalue weighted by Gasteiger charge is -2.05. The lowest BCUT2D eigenvalue weighted by Crippen LogP contribution is -1.95. The molecule has 0 saturated heterocycles. The highest BCUT2D eigenvalue weighted by Crippen LogP contribution is 2.26. The quantitative estimate of drug-likeness (QED) is 0.600. The van der Waals surface area contributed by atoms with Gasteiger partial charge in [-0.15, -0.1) is 10.2 Å². The predicted octanol–water partition coefficient (Wildman–Crippen LogP) is 3.54. The molecule has 3 aromatic heterocycles. The summed E-state index contributed by atoms with van der Waals surface area (Å²) in [4.78, 5) is 11.8. The summed E-state index contributed by atoms with van der Waals surface area (Å²) in [6.07, 6.45) is 7.26. The number of ether oxygens (including phenoxy) is 1. The minimum Gasteiger partial charge on any atom is -0.497 e.